The summed E-state index contributed by atoms with van der Waals surface area (Å²) in [6.07, 6.45) is 0.830. The first kappa shape index (κ1) is 14.6. The Labute approximate surface area is 116 Å². The van der Waals surface area contributed by atoms with Crippen LogP contribution in [0.25, 0.3) is 0 Å². The molecule has 0 aliphatic heterocycles. The lowest BCUT2D eigenvalue weighted by atomic mass is 9.90. The number of anilines is 1. The summed E-state index contributed by atoms with van der Waals surface area (Å²) in [5.41, 5.74) is -0.172. The first-order valence-corrected chi connectivity index (χ1v) is 6.76. The molecule has 0 bridgehead atoms. The smallest absolute Gasteiger partial charge is 0.411 e. The third-order valence-electron chi connectivity index (χ3n) is 3.21. The standard InChI is InChI=1S/C14H19FN2O3/c1-9(2)8-20-14(19)16-12-4-3-5-17(13(12)18)11-6-10(15)7-11/h3-5,9-11H,6-8H2,1-2H3,(H,16,19). The van der Waals surface area contributed by atoms with Crippen molar-refractivity contribution >= 4 is 11.8 Å². The highest BCUT2D eigenvalue weighted by Gasteiger charge is 2.31. The van der Waals surface area contributed by atoms with Crippen LogP contribution in [0.2, 0.25) is 0 Å². The molecular weight excluding hydrogens is 263 g/mol. The van der Waals surface area contributed by atoms with Gasteiger partial charge >= 0.3 is 6.09 Å². The van der Waals surface area contributed by atoms with Crippen molar-refractivity contribution in [1.82, 2.24) is 4.57 Å². The minimum atomic E-state index is -0.834. The van der Waals surface area contributed by atoms with Crippen molar-refractivity contribution in [2.45, 2.75) is 38.9 Å². The molecule has 110 valence electrons. The molecule has 0 spiro atoms. The Morgan fingerprint density at radius 1 is 1.55 bits per heavy atom. The second-order valence-corrected chi connectivity index (χ2v) is 5.47. The number of nitrogens with zero attached hydrogens (tertiary/aromatic N) is 1. The fourth-order valence-corrected chi connectivity index (χ4v) is 2.03. The Morgan fingerprint density at radius 2 is 2.25 bits per heavy atom. The molecule has 1 amide bonds. The van der Waals surface area contributed by atoms with E-state index in [-0.39, 0.29) is 23.2 Å². The molecule has 1 fully saturated rings. The zero-order chi connectivity index (χ0) is 14.7. The number of halogens is 1. The van der Waals surface area contributed by atoms with E-state index in [2.05, 4.69) is 5.32 Å². The molecule has 1 N–H and O–H groups in total. The number of pyridine rings is 1. The number of hydrogen-bond donors (Lipinski definition) is 1. The van der Waals surface area contributed by atoms with Gasteiger partial charge < -0.3 is 9.30 Å². The van der Waals surface area contributed by atoms with Crippen molar-refractivity contribution in [2.24, 2.45) is 5.92 Å². The molecule has 1 aromatic heterocycles. The summed E-state index contributed by atoms with van der Waals surface area (Å²) in [5, 5.41) is 2.43. The summed E-state index contributed by atoms with van der Waals surface area (Å²) in [6, 6.07) is 3.05. The van der Waals surface area contributed by atoms with Gasteiger partial charge in [0.25, 0.3) is 5.56 Å². The molecule has 6 heteroatoms. The number of alkyl halides is 1. The summed E-state index contributed by atoms with van der Waals surface area (Å²) < 4.78 is 19.3. The molecule has 1 saturated carbocycles. The number of nitrogens with one attached hydrogen (secondary N) is 1. The van der Waals surface area contributed by atoms with E-state index in [0.29, 0.717) is 19.4 Å². The number of carbonyl (C=O) groups is 1. The van der Waals surface area contributed by atoms with Gasteiger partial charge in [0.05, 0.1) is 6.61 Å². The second-order valence-electron chi connectivity index (χ2n) is 5.47. The molecule has 0 unspecified atom stereocenters. The van der Waals surface area contributed by atoms with Crippen LogP contribution in [0.4, 0.5) is 14.9 Å². The SMILES string of the molecule is CC(C)COC(=O)Nc1cccn(C2CC(F)C2)c1=O. The molecule has 1 aliphatic carbocycles. The zero-order valence-electron chi connectivity index (χ0n) is 11.6. The summed E-state index contributed by atoms with van der Waals surface area (Å²) >= 11 is 0. The van der Waals surface area contributed by atoms with E-state index in [1.807, 2.05) is 13.8 Å². The first-order valence-electron chi connectivity index (χ1n) is 6.76. The molecular formula is C14H19FN2O3. The van der Waals surface area contributed by atoms with E-state index in [1.54, 1.807) is 12.3 Å². The number of ether oxygens (including phenoxy) is 1. The van der Waals surface area contributed by atoms with Gasteiger partial charge in [-0.25, -0.2) is 9.18 Å². The maximum atomic E-state index is 12.9. The second kappa shape index (κ2) is 6.07. The lowest BCUT2D eigenvalue weighted by Crippen LogP contribution is -2.35. The van der Waals surface area contributed by atoms with Crippen LogP contribution in [0.5, 0.6) is 0 Å². The maximum Gasteiger partial charge on any atom is 0.411 e. The normalized spacial score (nSPS) is 21.4. The lowest BCUT2D eigenvalue weighted by molar-refractivity contribution is 0.134. The van der Waals surface area contributed by atoms with Gasteiger partial charge in [0.15, 0.2) is 0 Å². The molecule has 1 heterocycles. The average Bonchev–Trinajstić information content (AvgIpc) is 2.36. The number of rotatable bonds is 4. The number of carbonyl (C=O) groups excluding carboxylic acids is 1. The summed E-state index contributed by atoms with van der Waals surface area (Å²) in [7, 11) is 0. The number of hydrogen-bond acceptors (Lipinski definition) is 3. The van der Waals surface area contributed by atoms with Gasteiger partial charge in [0, 0.05) is 12.2 Å². The van der Waals surface area contributed by atoms with Gasteiger partial charge in [-0.05, 0) is 30.9 Å². The topological polar surface area (TPSA) is 60.3 Å². The summed E-state index contributed by atoms with van der Waals surface area (Å²) in [5.74, 6) is 0.227. The molecule has 1 aromatic rings. The minimum absolute atomic E-state index is 0.120. The average molecular weight is 282 g/mol. The highest BCUT2D eigenvalue weighted by molar-refractivity contribution is 5.84. The predicted octanol–water partition coefficient (Wildman–Crippen LogP) is 2.73. The minimum Gasteiger partial charge on any atom is -0.449 e. The summed E-state index contributed by atoms with van der Waals surface area (Å²) in [6.45, 7) is 4.14. The first-order chi connectivity index (χ1) is 9.47. The Bertz CT molecular complexity index is 535. The van der Waals surface area contributed by atoms with Crippen LogP contribution >= 0.6 is 0 Å². The number of amides is 1. The van der Waals surface area contributed by atoms with Crippen LogP contribution in [-0.2, 0) is 4.74 Å². The predicted molar refractivity (Wildman–Crippen MR) is 73.7 cm³/mol. The Hall–Kier alpha value is -1.85. The Morgan fingerprint density at radius 3 is 2.85 bits per heavy atom. The van der Waals surface area contributed by atoms with Gasteiger partial charge in [-0.2, -0.15) is 0 Å². The Kier molecular flexibility index (Phi) is 4.42. The van der Waals surface area contributed by atoms with Crippen molar-refractivity contribution < 1.29 is 13.9 Å². The van der Waals surface area contributed by atoms with E-state index in [0.717, 1.165) is 0 Å². The van der Waals surface area contributed by atoms with Crippen LogP contribution in [0, 0.1) is 5.92 Å². The van der Waals surface area contributed by atoms with Crippen LogP contribution < -0.4 is 10.9 Å². The van der Waals surface area contributed by atoms with E-state index in [4.69, 9.17) is 4.74 Å². The quantitative estimate of drug-likeness (QED) is 0.923. The maximum absolute atomic E-state index is 12.9. The van der Waals surface area contributed by atoms with Crippen LogP contribution in [0.3, 0.4) is 0 Å². The van der Waals surface area contributed by atoms with Crippen molar-refractivity contribution in [2.75, 3.05) is 11.9 Å². The third-order valence-corrected chi connectivity index (χ3v) is 3.21. The highest BCUT2D eigenvalue weighted by atomic mass is 19.1. The van der Waals surface area contributed by atoms with Gasteiger partial charge in [-0.1, -0.05) is 13.8 Å². The Balaban J connectivity index is 2.03. The highest BCUT2D eigenvalue weighted by Crippen LogP contribution is 2.33. The van der Waals surface area contributed by atoms with E-state index in [9.17, 15) is 14.0 Å². The van der Waals surface area contributed by atoms with Crippen LogP contribution in [0.15, 0.2) is 23.1 Å². The molecule has 0 saturated heterocycles. The van der Waals surface area contributed by atoms with Gasteiger partial charge in [-0.15, -0.1) is 0 Å². The fraction of sp³-hybridized carbons (Fsp3) is 0.571. The molecule has 0 atom stereocenters. The monoisotopic (exact) mass is 282 g/mol. The van der Waals surface area contributed by atoms with Crippen molar-refractivity contribution in [3.8, 4) is 0 Å². The van der Waals surface area contributed by atoms with Gasteiger partial charge in [-0.3, -0.25) is 10.1 Å². The van der Waals surface area contributed by atoms with E-state index in [1.165, 1.54) is 10.6 Å². The van der Waals surface area contributed by atoms with Crippen molar-refractivity contribution in [3.05, 3.63) is 28.7 Å². The largest absolute Gasteiger partial charge is 0.449 e. The van der Waals surface area contributed by atoms with Crippen molar-refractivity contribution in [3.63, 3.8) is 0 Å². The molecule has 0 radical (unpaired) electrons. The van der Waals surface area contributed by atoms with E-state index < -0.39 is 12.3 Å². The van der Waals surface area contributed by atoms with E-state index >= 15 is 0 Å². The molecule has 2 rings (SSSR count). The molecule has 5 nitrogen and oxygen atoms in total. The third kappa shape index (κ3) is 3.37. The summed E-state index contributed by atoms with van der Waals surface area (Å²) in [4.78, 5) is 23.7. The van der Waals surface area contributed by atoms with Crippen LogP contribution in [0.1, 0.15) is 32.7 Å². The van der Waals surface area contributed by atoms with Gasteiger partial charge in [0.1, 0.15) is 11.9 Å². The van der Waals surface area contributed by atoms with Crippen molar-refractivity contribution in [1.29, 1.82) is 0 Å². The molecule has 20 heavy (non-hydrogen) atoms. The van der Waals surface area contributed by atoms with Gasteiger partial charge in [0.2, 0.25) is 0 Å². The zero-order valence-corrected chi connectivity index (χ0v) is 11.6. The molecule has 0 aromatic carbocycles. The van der Waals surface area contributed by atoms with Crippen LogP contribution in [-0.4, -0.2) is 23.4 Å². The fourth-order valence-electron chi connectivity index (χ4n) is 2.03. The number of aromatic nitrogens is 1. The lowest BCUT2D eigenvalue weighted by Gasteiger charge is -2.31. The molecule has 1 aliphatic rings.